The van der Waals surface area contributed by atoms with Gasteiger partial charge in [0.15, 0.2) is 5.82 Å². The smallest absolute Gasteiger partial charge is 0.167 e. The third kappa shape index (κ3) is 2.61. The molecule has 4 nitrogen and oxygen atoms in total. The van der Waals surface area contributed by atoms with Crippen LogP contribution in [0.2, 0.25) is 0 Å². The molecule has 0 bridgehead atoms. The summed E-state index contributed by atoms with van der Waals surface area (Å²) in [6, 6.07) is 2.23. The second kappa shape index (κ2) is 5.81. The zero-order valence-corrected chi connectivity index (χ0v) is 12.0. The van der Waals surface area contributed by atoms with Crippen LogP contribution in [0.4, 0.5) is 5.82 Å². The highest BCUT2D eigenvalue weighted by molar-refractivity contribution is 5.56. The van der Waals surface area contributed by atoms with Crippen LogP contribution >= 0.6 is 0 Å². The molecule has 0 radical (unpaired) electrons. The molecule has 1 heterocycles. The molecule has 0 unspecified atom stereocenters. The molecule has 0 aromatic carbocycles. The molecule has 0 fully saturated rings. The predicted molar refractivity (Wildman–Crippen MR) is 73.4 cm³/mol. The number of rotatable bonds is 5. The first-order chi connectivity index (χ1) is 8.53. The van der Waals surface area contributed by atoms with Gasteiger partial charge in [-0.25, -0.2) is 0 Å². The molecule has 0 aliphatic carbocycles. The van der Waals surface area contributed by atoms with Crippen LogP contribution in [-0.2, 0) is 0 Å². The molecule has 0 atom stereocenters. The molecule has 0 aliphatic heterocycles. The summed E-state index contributed by atoms with van der Waals surface area (Å²) in [4.78, 5) is 0. The van der Waals surface area contributed by atoms with E-state index >= 15 is 0 Å². The highest BCUT2D eigenvalue weighted by atomic mass is 15.2. The van der Waals surface area contributed by atoms with E-state index in [1.54, 1.807) is 0 Å². The summed E-state index contributed by atoms with van der Waals surface area (Å²) >= 11 is 0. The third-order valence-corrected chi connectivity index (χ3v) is 3.98. The summed E-state index contributed by atoms with van der Waals surface area (Å²) in [6.07, 6.45) is 3.00. The first-order valence-corrected chi connectivity index (χ1v) is 6.55. The summed E-state index contributed by atoms with van der Waals surface area (Å²) in [7, 11) is 0. The van der Waals surface area contributed by atoms with Crippen molar-refractivity contribution in [3.63, 3.8) is 0 Å². The Morgan fingerprint density at radius 2 is 1.67 bits per heavy atom. The Bertz CT molecular complexity index is 447. The first-order valence-electron chi connectivity index (χ1n) is 6.55. The number of nitrogens with one attached hydrogen (secondary N) is 1. The fourth-order valence-corrected chi connectivity index (χ4v) is 2.10. The first kappa shape index (κ1) is 14.4. The fourth-order valence-electron chi connectivity index (χ4n) is 2.10. The molecular formula is C14H22N4. The summed E-state index contributed by atoms with van der Waals surface area (Å²) in [5.41, 5.74) is 2.34. The average molecular weight is 246 g/mol. The van der Waals surface area contributed by atoms with Gasteiger partial charge in [-0.2, -0.15) is 10.4 Å². The number of aryl methyl sites for hydroxylation is 1. The Balaban J connectivity index is 3.20. The zero-order chi connectivity index (χ0) is 13.8. The van der Waals surface area contributed by atoms with Gasteiger partial charge in [0.25, 0.3) is 0 Å². The van der Waals surface area contributed by atoms with Gasteiger partial charge in [-0.05, 0) is 38.7 Å². The van der Waals surface area contributed by atoms with Crippen molar-refractivity contribution >= 4 is 5.82 Å². The van der Waals surface area contributed by atoms with Crippen LogP contribution < -0.4 is 5.32 Å². The number of hydrogen-bond donors (Lipinski definition) is 1. The average Bonchev–Trinajstić information content (AvgIpc) is 2.40. The number of nitrogens with zero attached hydrogens (tertiary/aromatic N) is 3. The molecular weight excluding hydrogens is 224 g/mol. The van der Waals surface area contributed by atoms with E-state index in [0.717, 1.165) is 30.5 Å². The van der Waals surface area contributed by atoms with Crippen LogP contribution in [0.15, 0.2) is 0 Å². The molecule has 0 saturated heterocycles. The van der Waals surface area contributed by atoms with Crippen molar-refractivity contribution in [1.29, 1.82) is 5.26 Å². The van der Waals surface area contributed by atoms with Gasteiger partial charge in [0.05, 0.1) is 5.69 Å². The van der Waals surface area contributed by atoms with E-state index in [1.807, 2.05) is 13.8 Å². The number of aromatic nitrogens is 2. The van der Waals surface area contributed by atoms with Gasteiger partial charge in [0.2, 0.25) is 0 Å². The maximum atomic E-state index is 9.28. The van der Waals surface area contributed by atoms with Gasteiger partial charge in [-0.3, -0.25) is 0 Å². The van der Waals surface area contributed by atoms with Gasteiger partial charge in [0, 0.05) is 5.54 Å². The molecule has 0 spiro atoms. The summed E-state index contributed by atoms with van der Waals surface area (Å²) in [6.45, 7) is 10.3. The van der Waals surface area contributed by atoms with Crippen molar-refractivity contribution in [3.8, 4) is 6.07 Å². The van der Waals surface area contributed by atoms with Gasteiger partial charge in [-0.15, -0.1) is 5.10 Å². The highest BCUT2D eigenvalue weighted by Gasteiger charge is 2.26. The zero-order valence-electron chi connectivity index (χ0n) is 12.0. The van der Waals surface area contributed by atoms with E-state index in [-0.39, 0.29) is 5.54 Å². The van der Waals surface area contributed by atoms with Gasteiger partial charge in [-0.1, -0.05) is 20.8 Å². The van der Waals surface area contributed by atoms with Crippen molar-refractivity contribution in [3.05, 3.63) is 16.8 Å². The van der Waals surface area contributed by atoms with E-state index in [2.05, 4.69) is 42.4 Å². The van der Waals surface area contributed by atoms with E-state index in [1.165, 1.54) is 0 Å². The van der Waals surface area contributed by atoms with Crippen molar-refractivity contribution < 1.29 is 0 Å². The highest BCUT2D eigenvalue weighted by Crippen LogP contribution is 2.27. The minimum atomic E-state index is 0.00196. The molecule has 0 amide bonds. The molecule has 1 rings (SSSR count). The van der Waals surface area contributed by atoms with Crippen LogP contribution in [0.1, 0.15) is 56.9 Å². The molecule has 1 N–H and O–H groups in total. The number of anilines is 1. The van der Waals surface area contributed by atoms with E-state index in [0.29, 0.717) is 11.4 Å². The third-order valence-electron chi connectivity index (χ3n) is 3.98. The molecule has 4 heteroatoms. The lowest BCUT2D eigenvalue weighted by atomic mass is 9.89. The lowest BCUT2D eigenvalue weighted by Gasteiger charge is -2.32. The Kier molecular flexibility index (Phi) is 4.66. The van der Waals surface area contributed by atoms with E-state index in [4.69, 9.17) is 0 Å². The molecule has 0 saturated carbocycles. The van der Waals surface area contributed by atoms with Gasteiger partial charge < -0.3 is 5.32 Å². The van der Waals surface area contributed by atoms with Crippen molar-refractivity contribution in [1.82, 2.24) is 10.2 Å². The number of hydrogen-bond acceptors (Lipinski definition) is 4. The van der Waals surface area contributed by atoms with Crippen molar-refractivity contribution in [2.45, 2.75) is 59.4 Å². The monoisotopic (exact) mass is 246 g/mol. The second-order valence-electron chi connectivity index (χ2n) is 4.71. The minimum absolute atomic E-state index is 0.00196. The molecule has 1 aromatic rings. The van der Waals surface area contributed by atoms with E-state index in [9.17, 15) is 5.26 Å². The second-order valence-corrected chi connectivity index (χ2v) is 4.71. The molecule has 0 aliphatic rings. The van der Waals surface area contributed by atoms with Gasteiger partial charge >= 0.3 is 0 Å². The van der Waals surface area contributed by atoms with Crippen molar-refractivity contribution in [2.75, 3.05) is 5.32 Å². The molecule has 18 heavy (non-hydrogen) atoms. The van der Waals surface area contributed by atoms with Crippen LogP contribution in [-0.4, -0.2) is 15.7 Å². The van der Waals surface area contributed by atoms with Crippen molar-refractivity contribution in [2.24, 2.45) is 0 Å². The SMILES string of the molecule is CCC(CC)(CC)Nc1nnc(C)c(C)c1C#N. The maximum Gasteiger partial charge on any atom is 0.167 e. The minimum Gasteiger partial charge on any atom is -0.362 e. The standard InChI is InChI=1S/C14H22N4/c1-6-14(7-2,8-3)16-13-12(9-15)10(4)11(5)17-18-13/h6-8H2,1-5H3,(H,16,18). The van der Waals surface area contributed by atoms with Crippen LogP contribution in [0.25, 0.3) is 0 Å². The number of nitriles is 1. The molecule has 98 valence electrons. The Labute approximate surface area is 109 Å². The van der Waals surface area contributed by atoms with Gasteiger partial charge in [0.1, 0.15) is 11.6 Å². The summed E-state index contributed by atoms with van der Waals surface area (Å²) < 4.78 is 0. The lowest BCUT2D eigenvalue weighted by Crippen LogP contribution is -2.37. The summed E-state index contributed by atoms with van der Waals surface area (Å²) in [5, 5.41) is 21.0. The predicted octanol–water partition coefficient (Wildman–Crippen LogP) is 3.35. The van der Waals surface area contributed by atoms with Crippen LogP contribution in [0.3, 0.4) is 0 Å². The van der Waals surface area contributed by atoms with Crippen LogP contribution in [0, 0.1) is 25.2 Å². The normalized spacial score (nSPS) is 11.1. The lowest BCUT2D eigenvalue weighted by molar-refractivity contribution is 0.418. The maximum absolute atomic E-state index is 9.28. The largest absolute Gasteiger partial charge is 0.362 e. The quantitative estimate of drug-likeness (QED) is 0.865. The molecule has 1 aromatic heterocycles. The fraction of sp³-hybridized carbons (Fsp3) is 0.643. The Morgan fingerprint density at radius 1 is 1.11 bits per heavy atom. The topological polar surface area (TPSA) is 61.6 Å². The Morgan fingerprint density at radius 3 is 2.11 bits per heavy atom. The van der Waals surface area contributed by atoms with E-state index < -0.39 is 0 Å². The Hall–Kier alpha value is -1.63. The summed E-state index contributed by atoms with van der Waals surface area (Å²) in [5.74, 6) is 0.617. The van der Waals surface area contributed by atoms with Crippen LogP contribution in [0.5, 0.6) is 0 Å².